The number of anilines is 1. The quantitative estimate of drug-likeness (QED) is 0.660. The third-order valence-electron chi connectivity index (χ3n) is 2.82. The zero-order valence-electron chi connectivity index (χ0n) is 10.4. The lowest BCUT2D eigenvalue weighted by Crippen LogP contribution is -2.26. The molecule has 108 valence electrons. The number of hydrogen-bond acceptors (Lipinski definition) is 5. The highest BCUT2D eigenvalue weighted by molar-refractivity contribution is 7.89. The van der Waals surface area contributed by atoms with Crippen LogP contribution in [0.15, 0.2) is 23.1 Å². The number of rotatable bonds is 5. The van der Waals surface area contributed by atoms with Crippen LogP contribution < -0.4 is 10.2 Å². The van der Waals surface area contributed by atoms with E-state index in [1.807, 2.05) is 0 Å². The number of fused-ring (bicyclic) bond motifs is 1. The van der Waals surface area contributed by atoms with Crippen molar-refractivity contribution in [3.05, 3.63) is 23.8 Å². The molecule has 1 unspecified atom stereocenters. The molecular formula is C11H12N2O6S. The van der Waals surface area contributed by atoms with Gasteiger partial charge in [0.1, 0.15) is 0 Å². The van der Waals surface area contributed by atoms with Gasteiger partial charge < -0.3 is 10.4 Å². The summed E-state index contributed by atoms with van der Waals surface area (Å²) >= 11 is 0. The molecule has 3 N–H and O–H groups in total. The number of nitrogens with one attached hydrogen (secondary N) is 2. The third-order valence-corrected chi connectivity index (χ3v) is 4.03. The second kappa shape index (κ2) is 5.19. The molecule has 1 amide bonds. The zero-order chi connectivity index (χ0) is 14.9. The largest absolute Gasteiger partial charge is 0.479 e. The van der Waals surface area contributed by atoms with E-state index in [1.165, 1.54) is 18.2 Å². The molecule has 1 aromatic carbocycles. The molecule has 1 aromatic rings. The van der Waals surface area contributed by atoms with E-state index in [0.29, 0.717) is 11.3 Å². The molecule has 0 saturated heterocycles. The van der Waals surface area contributed by atoms with Crippen LogP contribution in [0.1, 0.15) is 18.4 Å². The van der Waals surface area contributed by atoms with Crippen molar-refractivity contribution in [3.63, 3.8) is 0 Å². The standard InChI is InChI=1S/C11H12N2O6S/c1-6-8-4-7(2-3-9(8)12-11(6)16)20(17,18)13-19-5-10(14)15/h2-4,6,13H,5H2,1H3,(H,12,16)(H,14,15). The number of hydrogen-bond donors (Lipinski definition) is 3. The first-order valence-electron chi connectivity index (χ1n) is 5.61. The summed E-state index contributed by atoms with van der Waals surface area (Å²) in [6.45, 7) is 0.868. The predicted molar refractivity (Wildman–Crippen MR) is 67.4 cm³/mol. The Morgan fingerprint density at radius 2 is 2.20 bits per heavy atom. The highest BCUT2D eigenvalue weighted by Crippen LogP contribution is 2.33. The van der Waals surface area contributed by atoms with Gasteiger partial charge in [-0.2, -0.15) is 0 Å². The van der Waals surface area contributed by atoms with Gasteiger partial charge in [0, 0.05) is 5.69 Å². The van der Waals surface area contributed by atoms with Crippen molar-refractivity contribution in [3.8, 4) is 0 Å². The molecule has 0 fully saturated rings. The molecule has 0 bridgehead atoms. The summed E-state index contributed by atoms with van der Waals surface area (Å²) in [5.74, 6) is -1.95. The Labute approximate surface area is 114 Å². The highest BCUT2D eigenvalue weighted by atomic mass is 32.2. The number of amides is 1. The van der Waals surface area contributed by atoms with E-state index in [4.69, 9.17) is 5.11 Å². The average molecular weight is 300 g/mol. The first-order chi connectivity index (χ1) is 9.31. The van der Waals surface area contributed by atoms with Crippen molar-refractivity contribution >= 4 is 27.6 Å². The molecule has 1 aliphatic heterocycles. The average Bonchev–Trinajstić information content (AvgIpc) is 2.64. The molecule has 1 heterocycles. The fraction of sp³-hybridized carbons (Fsp3) is 0.273. The monoisotopic (exact) mass is 300 g/mol. The van der Waals surface area contributed by atoms with Crippen molar-refractivity contribution in [2.24, 2.45) is 0 Å². The number of sulfonamides is 1. The number of benzene rings is 1. The lowest BCUT2D eigenvalue weighted by molar-refractivity contribution is -0.143. The van der Waals surface area contributed by atoms with Gasteiger partial charge in [-0.1, -0.05) is 4.89 Å². The molecule has 0 spiro atoms. The zero-order valence-corrected chi connectivity index (χ0v) is 11.2. The highest BCUT2D eigenvalue weighted by Gasteiger charge is 2.28. The summed E-state index contributed by atoms with van der Waals surface area (Å²) in [5.41, 5.74) is 1.13. The Morgan fingerprint density at radius 1 is 1.50 bits per heavy atom. The molecule has 0 aliphatic carbocycles. The lowest BCUT2D eigenvalue weighted by Gasteiger charge is -2.08. The first kappa shape index (κ1) is 14.4. The van der Waals surface area contributed by atoms with Gasteiger partial charge in [-0.3, -0.25) is 9.63 Å². The predicted octanol–water partition coefficient (Wildman–Crippen LogP) is 0.0367. The van der Waals surface area contributed by atoms with E-state index < -0.39 is 28.5 Å². The molecule has 0 aromatic heterocycles. The maximum atomic E-state index is 11.9. The summed E-state index contributed by atoms with van der Waals surface area (Å²) < 4.78 is 23.7. The molecule has 0 saturated carbocycles. The fourth-order valence-electron chi connectivity index (χ4n) is 1.78. The van der Waals surface area contributed by atoms with E-state index in [1.54, 1.807) is 11.8 Å². The Hall–Kier alpha value is -1.97. The van der Waals surface area contributed by atoms with Gasteiger partial charge in [-0.15, -0.1) is 0 Å². The first-order valence-corrected chi connectivity index (χ1v) is 7.10. The summed E-state index contributed by atoms with van der Waals surface area (Å²) in [6, 6.07) is 4.12. The van der Waals surface area contributed by atoms with Crippen LogP contribution in [0.4, 0.5) is 5.69 Å². The number of carboxylic acid groups (broad SMARTS) is 1. The maximum absolute atomic E-state index is 11.9. The molecule has 8 nitrogen and oxygen atoms in total. The molecule has 1 aliphatic rings. The minimum Gasteiger partial charge on any atom is -0.479 e. The van der Waals surface area contributed by atoms with Crippen LogP contribution in [0.25, 0.3) is 0 Å². The van der Waals surface area contributed by atoms with Gasteiger partial charge >= 0.3 is 5.97 Å². The number of carbonyl (C=O) groups is 2. The Balaban J connectivity index is 2.22. The van der Waals surface area contributed by atoms with Crippen molar-refractivity contribution in [2.45, 2.75) is 17.7 Å². The molecule has 1 atom stereocenters. The topological polar surface area (TPSA) is 122 Å². The Bertz CT molecular complexity index is 669. The van der Waals surface area contributed by atoms with Crippen molar-refractivity contribution in [1.82, 2.24) is 4.89 Å². The Morgan fingerprint density at radius 3 is 2.85 bits per heavy atom. The van der Waals surface area contributed by atoms with Crippen LogP contribution >= 0.6 is 0 Å². The van der Waals surface area contributed by atoms with Crippen LogP contribution in [0.5, 0.6) is 0 Å². The van der Waals surface area contributed by atoms with Crippen LogP contribution in [0.2, 0.25) is 0 Å². The molecular weight excluding hydrogens is 288 g/mol. The second-order valence-corrected chi connectivity index (χ2v) is 5.87. The Kier molecular flexibility index (Phi) is 3.75. The van der Waals surface area contributed by atoms with Crippen LogP contribution in [-0.4, -0.2) is 32.0 Å². The van der Waals surface area contributed by atoms with E-state index >= 15 is 0 Å². The fourth-order valence-corrected chi connectivity index (χ4v) is 2.62. The smallest absolute Gasteiger partial charge is 0.331 e. The summed E-state index contributed by atoms with van der Waals surface area (Å²) in [7, 11) is -3.99. The number of aliphatic carboxylic acids is 1. The van der Waals surface area contributed by atoms with E-state index in [0.717, 1.165) is 0 Å². The van der Waals surface area contributed by atoms with E-state index in [-0.39, 0.29) is 10.8 Å². The van der Waals surface area contributed by atoms with Crippen molar-refractivity contribution in [1.29, 1.82) is 0 Å². The van der Waals surface area contributed by atoms with Crippen molar-refractivity contribution in [2.75, 3.05) is 11.9 Å². The maximum Gasteiger partial charge on any atom is 0.331 e. The second-order valence-electron chi connectivity index (χ2n) is 4.23. The number of carboxylic acids is 1. The van der Waals surface area contributed by atoms with Crippen LogP contribution in [-0.2, 0) is 24.4 Å². The third kappa shape index (κ3) is 2.79. The van der Waals surface area contributed by atoms with Gasteiger partial charge in [0.05, 0.1) is 10.8 Å². The van der Waals surface area contributed by atoms with Gasteiger partial charge in [0.15, 0.2) is 6.61 Å². The summed E-state index contributed by atoms with van der Waals surface area (Å²) in [6.07, 6.45) is 0. The van der Waals surface area contributed by atoms with Crippen LogP contribution in [0, 0.1) is 0 Å². The molecule has 2 rings (SSSR count). The van der Waals surface area contributed by atoms with E-state index in [9.17, 15) is 18.0 Å². The van der Waals surface area contributed by atoms with Gasteiger partial charge in [-0.25, -0.2) is 13.2 Å². The van der Waals surface area contributed by atoms with Gasteiger partial charge in [-0.05, 0) is 30.7 Å². The molecule has 0 radical (unpaired) electrons. The van der Waals surface area contributed by atoms with Crippen molar-refractivity contribution < 1.29 is 28.0 Å². The molecule has 9 heteroatoms. The lowest BCUT2D eigenvalue weighted by atomic mass is 10.0. The molecule has 20 heavy (non-hydrogen) atoms. The van der Waals surface area contributed by atoms with Gasteiger partial charge in [0.2, 0.25) is 5.91 Å². The SMILES string of the molecule is CC1C(=O)Nc2ccc(S(=O)(=O)NOCC(=O)O)cc21. The van der Waals surface area contributed by atoms with Gasteiger partial charge in [0.25, 0.3) is 10.0 Å². The minimum absolute atomic E-state index is 0.106. The normalized spacial score (nSPS) is 17.6. The van der Waals surface area contributed by atoms with Crippen LogP contribution in [0.3, 0.4) is 0 Å². The summed E-state index contributed by atoms with van der Waals surface area (Å²) in [5, 5.41) is 11.0. The summed E-state index contributed by atoms with van der Waals surface area (Å²) in [4.78, 5) is 27.7. The minimum atomic E-state index is -3.99. The van der Waals surface area contributed by atoms with E-state index in [2.05, 4.69) is 10.2 Å². The number of carbonyl (C=O) groups excluding carboxylic acids is 1.